The van der Waals surface area contributed by atoms with Crippen molar-refractivity contribution in [2.75, 3.05) is 0 Å². The van der Waals surface area contributed by atoms with Gasteiger partial charge < -0.3 is 16.1 Å². The molecular weight excluding hydrogens is 281 g/mol. The van der Waals surface area contributed by atoms with Crippen molar-refractivity contribution in [3.63, 3.8) is 0 Å². The maximum atomic E-state index is 8.88. The summed E-state index contributed by atoms with van der Waals surface area (Å²) in [6.07, 6.45) is 0. The fraction of sp³-hybridized carbons (Fsp3) is 0. The molecule has 0 saturated heterocycles. The Bertz CT molecular complexity index is 71.4. The van der Waals surface area contributed by atoms with Gasteiger partial charge in [-0.2, -0.15) is 0 Å². The van der Waals surface area contributed by atoms with Crippen molar-refractivity contribution in [1.82, 2.24) is 0 Å². The molecular formula is H4CrFeMnNaO4P. The SMILES string of the molecule is O=P(O)(O)O.[Cr].[Fe].[H-].[Mn].[Na+]. The largest absolute Gasteiger partial charge is 1.00 e. The van der Waals surface area contributed by atoms with Crippen molar-refractivity contribution in [3.05, 3.63) is 0 Å². The predicted octanol–water partition coefficient (Wildman–Crippen LogP) is -3.82. The van der Waals surface area contributed by atoms with Crippen LogP contribution in [-0.2, 0) is 56.1 Å². The van der Waals surface area contributed by atoms with Crippen LogP contribution in [0.2, 0.25) is 0 Å². The third-order valence-corrected chi connectivity index (χ3v) is 0. The van der Waals surface area contributed by atoms with Crippen LogP contribution in [0.15, 0.2) is 0 Å². The summed E-state index contributed by atoms with van der Waals surface area (Å²) in [5.41, 5.74) is 0. The van der Waals surface area contributed by atoms with Crippen LogP contribution in [0.1, 0.15) is 1.43 Å². The first-order chi connectivity index (χ1) is 2.00. The molecule has 0 rings (SSSR count). The van der Waals surface area contributed by atoms with Crippen molar-refractivity contribution in [3.8, 4) is 0 Å². The maximum Gasteiger partial charge on any atom is 1.00 e. The molecule has 0 bridgehead atoms. The van der Waals surface area contributed by atoms with E-state index in [1.165, 1.54) is 0 Å². The summed E-state index contributed by atoms with van der Waals surface area (Å²) in [6.45, 7) is 0. The van der Waals surface area contributed by atoms with Crippen LogP contribution in [0.5, 0.6) is 0 Å². The zero-order chi connectivity index (χ0) is 4.50. The number of rotatable bonds is 0. The molecule has 9 heteroatoms. The van der Waals surface area contributed by atoms with Crippen molar-refractivity contribution in [2.45, 2.75) is 0 Å². The minimum absolute atomic E-state index is 0. The summed E-state index contributed by atoms with van der Waals surface area (Å²) in [6, 6.07) is 0. The van der Waals surface area contributed by atoms with Crippen LogP contribution >= 0.6 is 7.82 Å². The van der Waals surface area contributed by atoms with Crippen molar-refractivity contribution >= 4 is 7.82 Å². The number of phosphoric acid groups is 1. The molecule has 0 spiro atoms. The molecule has 0 aliphatic carbocycles. The van der Waals surface area contributed by atoms with Crippen LogP contribution in [0, 0.1) is 0 Å². The fourth-order valence-electron chi connectivity index (χ4n) is 0. The van der Waals surface area contributed by atoms with E-state index in [-0.39, 0.29) is 82.5 Å². The zero-order valence-electron chi connectivity index (χ0n) is 5.34. The molecule has 0 unspecified atom stereocenters. The van der Waals surface area contributed by atoms with Gasteiger partial charge in [0.2, 0.25) is 0 Å². The molecule has 9 heavy (non-hydrogen) atoms. The summed E-state index contributed by atoms with van der Waals surface area (Å²) in [5, 5.41) is 0. The number of hydrogen-bond acceptors (Lipinski definition) is 1. The molecule has 4 nitrogen and oxygen atoms in total. The van der Waals surface area contributed by atoms with Crippen LogP contribution in [0.3, 0.4) is 0 Å². The van der Waals surface area contributed by atoms with E-state index in [1.807, 2.05) is 0 Å². The molecule has 0 amide bonds. The maximum absolute atomic E-state index is 8.88. The van der Waals surface area contributed by atoms with E-state index in [0.717, 1.165) is 0 Å². The first-order valence-corrected chi connectivity index (χ1v) is 2.35. The molecule has 1 radical (unpaired) electrons. The second-order valence-electron chi connectivity index (χ2n) is 0.513. The Hall–Kier alpha value is 2.68. The summed E-state index contributed by atoms with van der Waals surface area (Å²) < 4.78 is 8.88. The van der Waals surface area contributed by atoms with Crippen LogP contribution in [0.4, 0.5) is 0 Å². The van der Waals surface area contributed by atoms with Crippen molar-refractivity contribution in [1.29, 1.82) is 0 Å². The van der Waals surface area contributed by atoms with E-state index in [0.29, 0.717) is 0 Å². The van der Waals surface area contributed by atoms with Crippen LogP contribution in [0.25, 0.3) is 0 Å². The summed E-state index contributed by atoms with van der Waals surface area (Å²) >= 11 is 0. The van der Waals surface area contributed by atoms with Gasteiger partial charge in [0.05, 0.1) is 0 Å². The van der Waals surface area contributed by atoms with Crippen molar-refractivity contribution in [2.24, 2.45) is 0 Å². The summed E-state index contributed by atoms with van der Waals surface area (Å²) in [7, 11) is -4.64. The van der Waals surface area contributed by atoms with Crippen LogP contribution in [-0.4, -0.2) is 14.7 Å². The molecule has 0 aliphatic rings. The van der Waals surface area contributed by atoms with E-state index in [2.05, 4.69) is 0 Å². The Morgan fingerprint density at radius 3 is 1.22 bits per heavy atom. The first-order valence-electron chi connectivity index (χ1n) is 0.783. The van der Waals surface area contributed by atoms with Gasteiger partial charge in [-0.15, -0.1) is 0 Å². The van der Waals surface area contributed by atoms with Gasteiger partial charge in [-0.05, 0) is 0 Å². The molecule has 0 saturated carbocycles. The Kier molecular flexibility index (Phi) is 44.1. The average Bonchev–Trinajstić information content (AvgIpc) is 0.722. The van der Waals surface area contributed by atoms with E-state index in [9.17, 15) is 0 Å². The smallest absolute Gasteiger partial charge is 1.00 e. The molecule has 55 valence electrons. The van der Waals surface area contributed by atoms with Crippen molar-refractivity contribution < 1.29 is 102 Å². The zero-order valence-corrected chi connectivity index (χ0v) is 10.8. The second kappa shape index (κ2) is 13.3. The topological polar surface area (TPSA) is 77.8 Å². The minimum Gasteiger partial charge on any atom is -1.00 e. The molecule has 0 fully saturated rings. The van der Waals surface area contributed by atoms with Gasteiger partial charge in [0.15, 0.2) is 0 Å². The molecule has 0 aliphatic heterocycles. The Morgan fingerprint density at radius 1 is 1.22 bits per heavy atom. The summed E-state index contributed by atoms with van der Waals surface area (Å²) in [5.74, 6) is 0. The van der Waals surface area contributed by atoms with Gasteiger partial charge in [-0.1, -0.05) is 0 Å². The molecule has 0 heterocycles. The third-order valence-electron chi connectivity index (χ3n) is 0. The Balaban J connectivity index is -0.00000000800. The van der Waals surface area contributed by atoms with Gasteiger partial charge in [-0.25, -0.2) is 4.57 Å². The van der Waals surface area contributed by atoms with Gasteiger partial charge in [-0.3, -0.25) is 0 Å². The molecule has 0 aromatic rings. The van der Waals surface area contributed by atoms with E-state index in [4.69, 9.17) is 19.2 Å². The first kappa shape index (κ1) is 29.9. The Labute approximate surface area is 108 Å². The van der Waals surface area contributed by atoms with Gasteiger partial charge in [0.25, 0.3) is 0 Å². The minimum atomic E-state index is -4.64. The monoisotopic (exact) mass is 285 g/mol. The van der Waals surface area contributed by atoms with E-state index < -0.39 is 7.82 Å². The quantitative estimate of drug-likeness (QED) is 0.315. The van der Waals surface area contributed by atoms with Crippen LogP contribution < -0.4 is 29.6 Å². The van der Waals surface area contributed by atoms with E-state index in [1.54, 1.807) is 0 Å². The third kappa shape index (κ3) is 112. The fourth-order valence-corrected chi connectivity index (χ4v) is 0. The molecule has 3 N–H and O–H groups in total. The summed E-state index contributed by atoms with van der Waals surface area (Å²) in [4.78, 5) is 21.6. The molecule has 0 atom stereocenters. The standard InChI is InChI=1S/Cr.Fe.Mn.Na.H3O4P.H/c;;;;1-5(2,3)4;/h;;;;(H3,1,2,3,4);/q;;;+1;;-1. The average molecular weight is 285 g/mol. The van der Waals surface area contributed by atoms with Gasteiger partial charge in [0.1, 0.15) is 0 Å². The molecule has 0 aromatic heterocycles. The van der Waals surface area contributed by atoms with Gasteiger partial charge >= 0.3 is 37.4 Å². The number of hydrogen-bond donors (Lipinski definition) is 3. The van der Waals surface area contributed by atoms with E-state index >= 15 is 0 Å². The molecule has 0 aromatic carbocycles. The second-order valence-corrected chi connectivity index (χ2v) is 1.54. The Morgan fingerprint density at radius 2 is 1.22 bits per heavy atom. The predicted molar refractivity (Wildman–Crippen MR) is 15.4 cm³/mol. The van der Waals surface area contributed by atoms with Gasteiger partial charge in [0, 0.05) is 51.5 Å². The normalized spacial score (nSPS) is 6.56.